The summed E-state index contributed by atoms with van der Waals surface area (Å²) in [6.07, 6.45) is 0.677. The number of para-hydroxylation sites is 1. The molecular formula is C18H19FN2O2. The fourth-order valence-electron chi connectivity index (χ4n) is 2.66. The lowest BCUT2D eigenvalue weighted by atomic mass is 9.95. The van der Waals surface area contributed by atoms with Gasteiger partial charge < -0.3 is 15.4 Å². The second-order valence-electron chi connectivity index (χ2n) is 5.48. The van der Waals surface area contributed by atoms with E-state index >= 15 is 0 Å². The van der Waals surface area contributed by atoms with Gasteiger partial charge in [0.05, 0.1) is 12.6 Å². The number of nitrogens with one attached hydrogen (secondary N) is 2. The molecule has 0 aromatic heterocycles. The van der Waals surface area contributed by atoms with Crippen LogP contribution in [0.2, 0.25) is 0 Å². The molecule has 0 unspecified atom stereocenters. The molecule has 23 heavy (non-hydrogen) atoms. The molecule has 2 aromatic carbocycles. The summed E-state index contributed by atoms with van der Waals surface area (Å²) in [4.78, 5) is 12.2. The number of hydrogen-bond donors (Lipinski definition) is 2. The van der Waals surface area contributed by atoms with Gasteiger partial charge in [0.2, 0.25) is 5.91 Å². The lowest BCUT2D eigenvalue weighted by Gasteiger charge is -2.25. The van der Waals surface area contributed by atoms with Crippen molar-refractivity contribution in [2.75, 3.05) is 13.2 Å². The monoisotopic (exact) mass is 314 g/mol. The van der Waals surface area contributed by atoms with Crippen LogP contribution in [0.3, 0.4) is 0 Å². The van der Waals surface area contributed by atoms with Crippen LogP contribution < -0.4 is 15.4 Å². The molecule has 0 saturated heterocycles. The molecule has 2 N–H and O–H groups in total. The molecule has 2 aromatic rings. The minimum Gasteiger partial charge on any atom is -0.489 e. The number of carbonyl (C=O) groups excluding carboxylic acids is 1. The lowest BCUT2D eigenvalue weighted by Crippen LogP contribution is -2.48. The number of carbonyl (C=O) groups is 1. The summed E-state index contributed by atoms with van der Waals surface area (Å²) < 4.78 is 18.7. The van der Waals surface area contributed by atoms with Crippen LogP contribution in [0.15, 0.2) is 48.5 Å². The SMILES string of the molecule is O=C(NCCOc1ccccc1F)[C@H]1Cc2ccccc2CN1. The van der Waals surface area contributed by atoms with Crippen molar-refractivity contribution < 1.29 is 13.9 Å². The first-order valence-electron chi connectivity index (χ1n) is 7.69. The van der Waals surface area contributed by atoms with Crippen LogP contribution in [0.4, 0.5) is 4.39 Å². The molecule has 0 fully saturated rings. The van der Waals surface area contributed by atoms with Gasteiger partial charge in [0.15, 0.2) is 11.6 Å². The van der Waals surface area contributed by atoms with E-state index in [1.807, 2.05) is 12.1 Å². The maximum absolute atomic E-state index is 13.4. The van der Waals surface area contributed by atoms with Crippen LogP contribution in [0.25, 0.3) is 0 Å². The van der Waals surface area contributed by atoms with Crippen LogP contribution in [0.1, 0.15) is 11.1 Å². The fourth-order valence-corrected chi connectivity index (χ4v) is 2.66. The van der Waals surface area contributed by atoms with Crippen molar-refractivity contribution in [2.45, 2.75) is 19.0 Å². The number of amides is 1. The van der Waals surface area contributed by atoms with Gasteiger partial charge >= 0.3 is 0 Å². The van der Waals surface area contributed by atoms with Crippen LogP contribution in [-0.2, 0) is 17.8 Å². The third kappa shape index (κ3) is 3.87. The topological polar surface area (TPSA) is 50.4 Å². The Kier molecular flexibility index (Phi) is 4.88. The van der Waals surface area contributed by atoms with E-state index in [1.165, 1.54) is 17.2 Å². The van der Waals surface area contributed by atoms with E-state index < -0.39 is 5.82 Å². The summed E-state index contributed by atoms with van der Waals surface area (Å²) in [5.41, 5.74) is 2.44. The highest BCUT2D eigenvalue weighted by molar-refractivity contribution is 5.82. The van der Waals surface area contributed by atoms with Gasteiger partial charge in [-0.3, -0.25) is 4.79 Å². The predicted molar refractivity (Wildman–Crippen MR) is 85.7 cm³/mol. The van der Waals surface area contributed by atoms with E-state index in [-0.39, 0.29) is 24.3 Å². The minimum atomic E-state index is -0.399. The van der Waals surface area contributed by atoms with Crippen molar-refractivity contribution >= 4 is 5.91 Å². The van der Waals surface area contributed by atoms with E-state index in [0.717, 1.165) is 0 Å². The van der Waals surface area contributed by atoms with E-state index in [1.54, 1.807) is 18.2 Å². The number of rotatable bonds is 5. The molecule has 1 heterocycles. The average Bonchev–Trinajstić information content (AvgIpc) is 2.59. The van der Waals surface area contributed by atoms with Crippen molar-refractivity contribution in [2.24, 2.45) is 0 Å². The smallest absolute Gasteiger partial charge is 0.237 e. The number of ether oxygens (including phenoxy) is 1. The van der Waals surface area contributed by atoms with Gasteiger partial charge in [-0.05, 0) is 29.7 Å². The molecule has 0 bridgehead atoms. The Morgan fingerprint density at radius 1 is 1.17 bits per heavy atom. The van der Waals surface area contributed by atoms with Crippen LogP contribution in [0.5, 0.6) is 5.75 Å². The molecule has 1 atom stereocenters. The standard InChI is InChI=1S/C18H19FN2O2/c19-15-7-3-4-8-17(15)23-10-9-20-18(22)16-11-13-5-1-2-6-14(13)12-21-16/h1-8,16,21H,9-12H2,(H,20,22)/t16-/m1/s1. The predicted octanol–water partition coefficient (Wildman–Crippen LogP) is 2.04. The molecule has 0 spiro atoms. The highest BCUT2D eigenvalue weighted by Gasteiger charge is 2.23. The maximum Gasteiger partial charge on any atom is 0.237 e. The van der Waals surface area contributed by atoms with Gasteiger partial charge in [-0.25, -0.2) is 4.39 Å². The lowest BCUT2D eigenvalue weighted by molar-refractivity contribution is -0.123. The van der Waals surface area contributed by atoms with Crippen LogP contribution in [0, 0.1) is 5.82 Å². The molecule has 3 rings (SSSR count). The number of benzene rings is 2. The Balaban J connectivity index is 1.45. The van der Waals surface area contributed by atoms with E-state index in [0.29, 0.717) is 19.5 Å². The van der Waals surface area contributed by atoms with Crippen molar-refractivity contribution in [3.8, 4) is 5.75 Å². The summed E-state index contributed by atoms with van der Waals surface area (Å²) >= 11 is 0. The second-order valence-corrected chi connectivity index (χ2v) is 5.48. The first kappa shape index (κ1) is 15.5. The Bertz CT molecular complexity index is 690. The van der Waals surface area contributed by atoms with E-state index in [9.17, 15) is 9.18 Å². The highest BCUT2D eigenvalue weighted by atomic mass is 19.1. The van der Waals surface area contributed by atoms with Gasteiger partial charge in [0, 0.05) is 6.54 Å². The molecule has 0 saturated carbocycles. The van der Waals surface area contributed by atoms with Crippen molar-refractivity contribution in [1.29, 1.82) is 0 Å². The summed E-state index contributed by atoms with van der Waals surface area (Å²) in [6.45, 7) is 1.27. The average molecular weight is 314 g/mol. The molecule has 4 nitrogen and oxygen atoms in total. The van der Waals surface area contributed by atoms with Gasteiger partial charge in [-0.1, -0.05) is 36.4 Å². The van der Waals surface area contributed by atoms with Crippen LogP contribution in [-0.4, -0.2) is 25.1 Å². The van der Waals surface area contributed by atoms with Gasteiger partial charge in [0.1, 0.15) is 6.61 Å². The van der Waals surface area contributed by atoms with Crippen molar-refractivity contribution in [3.05, 3.63) is 65.5 Å². The zero-order valence-electron chi connectivity index (χ0n) is 12.7. The molecule has 1 amide bonds. The molecule has 0 aliphatic carbocycles. The Labute approximate surface area is 134 Å². The van der Waals surface area contributed by atoms with Gasteiger partial charge in [0.25, 0.3) is 0 Å². The Morgan fingerprint density at radius 2 is 1.91 bits per heavy atom. The molecular weight excluding hydrogens is 295 g/mol. The summed E-state index contributed by atoms with van der Waals surface area (Å²) in [7, 11) is 0. The molecule has 1 aliphatic rings. The van der Waals surface area contributed by atoms with Crippen molar-refractivity contribution in [3.63, 3.8) is 0 Å². The molecule has 120 valence electrons. The summed E-state index contributed by atoms with van der Waals surface area (Å²) in [5, 5.41) is 6.05. The largest absolute Gasteiger partial charge is 0.489 e. The van der Waals surface area contributed by atoms with Crippen molar-refractivity contribution in [1.82, 2.24) is 10.6 Å². The third-order valence-corrected chi connectivity index (χ3v) is 3.89. The zero-order chi connectivity index (χ0) is 16.1. The maximum atomic E-state index is 13.4. The first-order chi connectivity index (χ1) is 11.2. The highest BCUT2D eigenvalue weighted by Crippen LogP contribution is 2.16. The summed E-state index contributed by atoms with van der Waals surface area (Å²) in [5.74, 6) is -0.257. The first-order valence-corrected chi connectivity index (χ1v) is 7.69. The summed E-state index contributed by atoms with van der Waals surface area (Å²) in [6, 6.07) is 14.1. The minimum absolute atomic E-state index is 0.0587. The number of fused-ring (bicyclic) bond motifs is 1. The molecule has 5 heteroatoms. The van der Waals surface area contributed by atoms with Gasteiger partial charge in [-0.2, -0.15) is 0 Å². The van der Waals surface area contributed by atoms with E-state index in [4.69, 9.17) is 4.74 Å². The second kappa shape index (κ2) is 7.24. The number of hydrogen-bond acceptors (Lipinski definition) is 3. The molecule has 1 aliphatic heterocycles. The molecule has 0 radical (unpaired) electrons. The van der Waals surface area contributed by atoms with Gasteiger partial charge in [-0.15, -0.1) is 0 Å². The fraction of sp³-hybridized carbons (Fsp3) is 0.278. The van der Waals surface area contributed by atoms with E-state index in [2.05, 4.69) is 22.8 Å². The Hall–Kier alpha value is -2.40. The third-order valence-electron chi connectivity index (χ3n) is 3.89. The van der Waals surface area contributed by atoms with Crippen LogP contribution >= 0.6 is 0 Å². The normalized spacial score (nSPS) is 16.5. The quantitative estimate of drug-likeness (QED) is 0.830. The Morgan fingerprint density at radius 3 is 2.74 bits per heavy atom. The zero-order valence-corrected chi connectivity index (χ0v) is 12.7. The number of halogens is 1.